The second-order valence-corrected chi connectivity index (χ2v) is 24.3. The molecule has 90 heavy (non-hydrogen) atoms. The molecule has 1 N–H and O–H groups in total. The molecule has 0 saturated heterocycles. The van der Waals surface area contributed by atoms with Crippen LogP contribution in [0.4, 0.5) is 0 Å². The van der Waals surface area contributed by atoms with Crippen LogP contribution in [0.1, 0.15) is 322 Å². The zero-order chi connectivity index (χ0) is 64.7. The number of unbranched alkanes of at least 4 members (excludes halogenated alkanes) is 29. The van der Waals surface area contributed by atoms with Crippen LogP contribution in [0.15, 0.2) is 182 Å². The van der Waals surface area contributed by atoms with Crippen molar-refractivity contribution in [2.24, 2.45) is 0 Å². The molecule has 0 aliphatic rings. The highest BCUT2D eigenvalue weighted by Gasteiger charge is 2.16. The number of hydrogen-bond acceptors (Lipinski definition) is 5. The minimum atomic E-state index is -0.791. The van der Waals surface area contributed by atoms with E-state index in [1.165, 1.54) is 154 Å². The molecule has 0 aromatic rings. The largest absolute Gasteiger partial charge is 0.462 e. The van der Waals surface area contributed by atoms with Crippen molar-refractivity contribution in [2.75, 3.05) is 13.2 Å². The Kier molecular flexibility index (Phi) is 73.9. The topological polar surface area (TPSA) is 72.8 Å². The fourth-order valence-corrected chi connectivity index (χ4v) is 10.2. The molecule has 0 bridgehead atoms. The molecule has 0 rings (SSSR count). The first kappa shape index (κ1) is 85.0. The van der Waals surface area contributed by atoms with Crippen molar-refractivity contribution in [1.29, 1.82) is 0 Å². The van der Waals surface area contributed by atoms with E-state index in [1.807, 2.05) is 0 Å². The van der Waals surface area contributed by atoms with Gasteiger partial charge < -0.3 is 14.6 Å². The van der Waals surface area contributed by atoms with Crippen molar-refractivity contribution < 1.29 is 24.2 Å². The van der Waals surface area contributed by atoms with Gasteiger partial charge in [-0.1, -0.05) is 357 Å². The van der Waals surface area contributed by atoms with Crippen molar-refractivity contribution >= 4 is 11.9 Å². The fraction of sp³-hybridized carbons (Fsp3) is 0.624. The highest BCUT2D eigenvalue weighted by molar-refractivity contribution is 5.70. The summed E-state index contributed by atoms with van der Waals surface area (Å²) in [6.07, 6.45) is 122. The van der Waals surface area contributed by atoms with E-state index in [1.54, 1.807) is 0 Å². The van der Waals surface area contributed by atoms with Crippen LogP contribution >= 0.6 is 0 Å². The predicted octanol–water partition coefficient (Wildman–Crippen LogP) is 26.5. The van der Waals surface area contributed by atoms with Gasteiger partial charge >= 0.3 is 11.9 Å². The lowest BCUT2D eigenvalue weighted by Crippen LogP contribution is -2.28. The van der Waals surface area contributed by atoms with Crippen molar-refractivity contribution in [3.63, 3.8) is 0 Å². The van der Waals surface area contributed by atoms with Crippen LogP contribution in [-0.2, 0) is 19.1 Å². The van der Waals surface area contributed by atoms with Crippen molar-refractivity contribution in [3.05, 3.63) is 182 Å². The average Bonchev–Trinajstić information content (AvgIpc) is 3.58. The highest BCUT2D eigenvalue weighted by Crippen LogP contribution is 2.17. The standard InChI is InChI=1S/C85H138O5/c1-3-5-7-9-11-13-15-17-19-21-23-25-27-29-31-33-35-37-39-40-41-42-43-44-46-47-49-51-53-55-57-59-61-63-65-67-69-71-73-75-77-79-84(87)89-82-83(81-86)90-85(88)80-78-76-74-72-70-68-66-64-62-60-58-56-54-52-50-48-45-38-36-34-32-30-28-26-24-22-20-18-16-14-12-10-8-6-4-2/h5-8,11-14,17-20,23-26,29-32,35-38,48,50,54,56,60,62,83,86H,3-4,9-10,15-16,21-22,27-28,33-34,39-47,49,51-53,55,57-59,61,63-82H2,1-2H3/b7-5-,8-6-,13-11-,14-12-,19-17-,20-18-,25-23-,26-24-,31-29-,32-30-,37-35-,38-36-,50-48-,56-54-,62-60-. The number of aliphatic hydroxyl groups is 1. The van der Waals surface area contributed by atoms with Gasteiger partial charge in [-0.2, -0.15) is 0 Å². The number of rotatable bonds is 67. The molecule has 5 heteroatoms. The summed E-state index contributed by atoms with van der Waals surface area (Å²) < 4.78 is 10.8. The summed E-state index contributed by atoms with van der Waals surface area (Å²) in [5.74, 6) is -0.603. The molecule has 1 unspecified atom stereocenters. The molecule has 0 heterocycles. The van der Waals surface area contributed by atoms with Crippen LogP contribution in [0, 0.1) is 0 Å². The normalized spacial score (nSPS) is 13.3. The minimum Gasteiger partial charge on any atom is -0.462 e. The Balaban J connectivity index is 3.52. The van der Waals surface area contributed by atoms with Gasteiger partial charge in [0.15, 0.2) is 6.10 Å². The lowest BCUT2D eigenvalue weighted by molar-refractivity contribution is -0.161. The van der Waals surface area contributed by atoms with Crippen molar-refractivity contribution in [3.8, 4) is 0 Å². The molecular formula is C85H138O5. The maximum absolute atomic E-state index is 12.4. The summed E-state index contributed by atoms with van der Waals surface area (Å²) in [5, 5.41) is 9.72. The van der Waals surface area contributed by atoms with Crippen LogP contribution in [0.5, 0.6) is 0 Å². The molecule has 0 aromatic carbocycles. The van der Waals surface area contributed by atoms with Gasteiger partial charge in [-0.3, -0.25) is 9.59 Å². The van der Waals surface area contributed by atoms with E-state index in [2.05, 4.69) is 196 Å². The Bertz CT molecular complexity index is 1990. The van der Waals surface area contributed by atoms with Gasteiger partial charge in [0.25, 0.3) is 0 Å². The van der Waals surface area contributed by atoms with Gasteiger partial charge in [-0.15, -0.1) is 0 Å². The number of aliphatic hydroxyl groups excluding tert-OH is 1. The maximum Gasteiger partial charge on any atom is 0.306 e. The van der Waals surface area contributed by atoms with E-state index < -0.39 is 6.10 Å². The number of allylic oxidation sites excluding steroid dienone is 30. The van der Waals surface area contributed by atoms with Gasteiger partial charge in [-0.25, -0.2) is 0 Å². The summed E-state index contributed by atoms with van der Waals surface area (Å²) >= 11 is 0. The Labute approximate surface area is 556 Å². The molecule has 0 aliphatic heterocycles. The lowest BCUT2D eigenvalue weighted by Gasteiger charge is -2.15. The molecule has 0 amide bonds. The Hall–Kier alpha value is -5.00. The van der Waals surface area contributed by atoms with Gasteiger partial charge in [0.05, 0.1) is 6.61 Å². The smallest absolute Gasteiger partial charge is 0.306 e. The van der Waals surface area contributed by atoms with Gasteiger partial charge in [0.1, 0.15) is 6.61 Å². The van der Waals surface area contributed by atoms with E-state index in [4.69, 9.17) is 9.47 Å². The quantitative estimate of drug-likeness (QED) is 0.0373. The number of carbonyl (C=O) groups is 2. The summed E-state index contributed by atoms with van der Waals surface area (Å²) in [7, 11) is 0. The third kappa shape index (κ3) is 75.5. The molecule has 508 valence electrons. The highest BCUT2D eigenvalue weighted by atomic mass is 16.6. The number of carbonyl (C=O) groups excluding carboxylic acids is 2. The lowest BCUT2D eigenvalue weighted by atomic mass is 10.0. The SMILES string of the molecule is CC/C=C\C/C=C\C/C=C\C/C=C\C/C=C\C/C=C\C/C=C\C/C=C\C/C=C\CCCCCCCCCC(=O)OC(CO)COC(=O)CCCCCCCCCCCCCCCCCCCCCCCC/C=C\C/C=C\C/C=C\C/C=C\C/C=C\C/C=C\CC. The first-order chi connectivity index (χ1) is 44.6. The monoisotopic (exact) mass is 1240 g/mol. The van der Waals surface area contributed by atoms with Crippen LogP contribution in [-0.4, -0.2) is 36.4 Å². The van der Waals surface area contributed by atoms with Crippen LogP contribution < -0.4 is 0 Å². The second-order valence-electron chi connectivity index (χ2n) is 24.3. The molecular weight excluding hydrogens is 1100 g/mol. The second kappa shape index (κ2) is 78.2. The van der Waals surface area contributed by atoms with Crippen LogP contribution in [0.3, 0.4) is 0 Å². The summed E-state index contributed by atoms with van der Waals surface area (Å²) in [6.45, 7) is 3.92. The Morgan fingerprint density at radius 2 is 0.444 bits per heavy atom. The Morgan fingerprint density at radius 3 is 0.667 bits per heavy atom. The minimum absolute atomic E-state index is 0.0772. The fourth-order valence-electron chi connectivity index (χ4n) is 10.2. The van der Waals surface area contributed by atoms with E-state index in [0.717, 1.165) is 141 Å². The maximum atomic E-state index is 12.4. The third-order valence-electron chi connectivity index (χ3n) is 15.7. The number of hydrogen-bond donors (Lipinski definition) is 1. The molecule has 0 saturated carbocycles. The molecule has 0 spiro atoms. The first-order valence-corrected chi connectivity index (χ1v) is 37.3. The molecule has 0 fully saturated rings. The van der Waals surface area contributed by atoms with E-state index in [9.17, 15) is 14.7 Å². The molecule has 0 aliphatic carbocycles. The van der Waals surface area contributed by atoms with Crippen LogP contribution in [0.2, 0.25) is 0 Å². The van der Waals surface area contributed by atoms with Crippen molar-refractivity contribution in [1.82, 2.24) is 0 Å². The molecule has 0 aromatic heterocycles. The third-order valence-corrected chi connectivity index (χ3v) is 15.7. The average molecular weight is 1240 g/mol. The predicted molar refractivity (Wildman–Crippen MR) is 398 cm³/mol. The van der Waals surface area contributed by atoms with Crippen LogP contribution in [0.25, 0.3) is 0 Å². The Morgan fingerprint density at radius 1 is 0.256 bits per heavy atom. The molecule has 0 radical (unpaired) electrons. The number of esters is 2. The zero-order valence-corrected chi connectivity index (χ0v) is 58.3. The van der Waals surface area contributed by atoms with Gasteiger partial charge in [0.2, 0.25) is 0 Å². The molecule has 1 atom stereocenters. The van der Waals surface area contributed by atoms with E-state index >= 15 is 0 Å². The van der Waals surface area contributed by atoms with Crippen molar-refractivity contribution in [2.45, 2.75) is 328 Å². The van der Waals surface area contributed by atoms with E-state index in [0.29, 0.717) is 12.8 Å². The summed E-state index contributed by atoms with van der Waals surface area (Å²) in [4.78, 5) is 24.7. The number of ether oxygens (including phenoxy) is 2. The zero-order valence-electron chi connectivity index (χ0n) is 58.3. The summed E-state index contributed by atoms with van der Waals surface area (Å²) in [6, 6.07) is 0. The molecule has 5 nitrogen and oxygen atoms in total. The summed E-state index contributed by atoms with van der Waals surface area (Å²) in [5.41, 5.74) is 0. The van der Waals surface area contributed by atoms with E-state index in [-0.39, 0.29) is 25.2 Å². The van der Waals surface area contributed by atoms with Gasteiger partial charge in [-0.05, 0) is 135 Å². The van der Waals surface area contributed by atoms with Gasteiger partial charge in [0, 0.05) is 12.8 Å². The first-order valence-electron chi connectivity index (χ1n) is 37.3.